The third-order valence-electron chi connectivity index (χ3n) is 5.15. The van der Waals surface area contributed by atoms with Gasteiger partial charge in [0.25, 0.3) is 5.60 Å². The Balaban J connectivity index is 6.10. The van der Waals surface area contributed by atoms with Gasteiger partial charge < -0.3 is 14.9 Å². The molecule has 0 aromatic rings. The minimum Gasteiger partial charge on any atom is -0.462 e. The van der Waals surface area contributed by atoms with Gasteiger partial charge >= 0.3 is 18.3 Å². The Morgan fingerprint density at radius 2 is 1.27 bits per heavy atom. The Hall–Kier alpha value is -1.03. The van der Waals surface area contributed by atoms with E-state index in [9.17, 15) is 41.4 Å². The van der Waals surface area contributed by atoms with Crippen LogP contribution in [-0.2, 0) is 9.53 Å². The molecule has 0 aliphatic heterocycles. The molecule has 0 aromatic heterocycles. The Bertz CT molecular complexity index is 570. The quantitative estimate of drug-likeness (QED) is 0.382. The molecule has 0 amide bonds. The van der Waals surface area contributed by atoms with Gasteiger partial charge in [-0.05, 0) is 44.9 Å². The van der Waals surface area contributed by atoms with Gasteiger partial charge in [0.1, 0.15) is 6.10 Å². The summed E-state index contributed by atoms with van der Waals surface area (Å²) >= 11 is 0. The molecule has 2 atom stereocenters. The largest absolute Gasteiger partial charge is 0.462 e. The van der Waals surface area contributed by atoms with Crippen molar-refractivity contribution in [3.05, 3.63) is 0 Å². The second-order valence-corrected chi connectivity index (χ2v) is 10.3. The smallest absolute Gasteiger partial charge is 0.426 e. The number of carbonyl (C=O) groups excluding carboxylic acids is 1. The number of ether oxygens (including phenoxy) is 1. The molecule has 0 heterocycles. The summed E-state index contributed by atoms with van der Waals surface area (Å²) in [6.45, 7) is 12.4. The van der Waals surface area contributed by atoms with E-state index in [1.54, 1.807) is 20.8 Å². The molecule has 10 heteroatoms. The summed E-state index contributed by atoms with van der Waals surface area (Å²) in [5, 5.41) is 20.1. The third kappa shape index (κ3) is 7.00. The topological polar surface area (TPSA) is 66.8 Å². The van der Waals surface area contributed by atoms with Crippen LogP contribution in [0.1, 0.15) is 74.7 Å². The van der Waals surface area contributed by atoms with E-state index in [2.05, 4.69) is 0 Å². The zero-order chi connectivity index (χ0) is 24.6. The van der Waals surface area contributed by atoms with Crippen molar-refractivity contribution < 1.29 is 46.1 Å². The predicted molar refractivity (Wildman–Crippen MR) is 99.5 cm³/mol. The number of hydrogen-bond acceptors (Lipinski definition) is 4. The SMILES string of the molecule is CC(C)CC(CC(O)(C(F)(F)F)C(F)(F)F)OC(=O)C(C)(CC(C)(C)C)C(C)(C)O. The van der Waals surface area contributed by atoms with Crippen LogP contribution >= 0.6 is 0 Å². The van der Waals surface area contributed by atoms with Crippen LogP contribution in [0.15, 0.2) is 0 Å². The van der Waals surface area contributed by atoms with Crippen LogP contribution in [0.2, 0.25) is 0 Å². The lowest BCUT2D eigenvalue weighted by Crippen LogP contribution is -2.59. The summed E-state index contributed by atoms with van der Waals surface area (Å²) in [5.41, 5.74) is -8.84. The summed E-state index contributed by atoms with van der Waals surface area (Å²) in [5.74, 6) is -1.55. The van der Waals surface area contributed by atoms with Crippen LogP contribution in [0.5, 0.6) is 0 Å². The summed E-state index contributed by atoms with van der Waals surface area (Å²) in [6.07, 6.45) is -16.1. The molecule has 0 bridgehead atoms. The number of hydrogen-bond donors (Lipinski definition) is 2. The van der Waals surface area contributed by atoms with Gasteiger partial charge in [0.05, 0.1) is 11.0 Å². The minimum absolute atomic E-state index is 0.0551. The standard InChI is InChI=1S/C20H34F6O4/c1-12(2)9-13(10-18(29,19(21,22)23)20(24,25)26)30-14(27)17(8,16(6,7)28)11-15(3,4)5/h12-13,28-29H,9-11H2,1-8H3. The Labute approximate surface area is 174 Å². The van der Waals surface area contributed by atoms with E-state index in [-0.39, 0.29) is 12.8 Å². The van der Waals surface area contributed by atoms with E-state index in [1.165, 1.54) is 34.6 Å². The first-order chi connectivity index (χ1) is 12.9. The Morgan fingerprint density at radius 3 is 1.53 bits per heavy atom. The summed E-state index contributed by atoms with van der Waals surface area (Å²) in [7, 11) is 0. The van der Waals surface area contributed by atoms with Crippen LogP contribution in [0.4, 0.5) is 26.3 Å². The number of carbonyl (C=O) groups is 1. The van der Waals surface area contributed by atoms with Crippen molar-refractivity contribution in [2.75, 3.05) is 0 Å². The molecule has 0 aromatic carbocycles. The van der Waals surface area contributed by atoms with Crippen molar-refractivity contribution in [3.8, 4) is 0 Å². The molecule has 0 aliphatic carbocycles. The molecule has 0 saturated carbocycles. The molecule has 4 nitrogen and oxygen atoms in total. The number of esters is 1. The lowest BCUT2D eigenvalue weighted by Gasteiger charge is -2.43. The number of aliphatic hydroxyl groups is 2. The van der Waals surface area contributed by atoms with E-state index in [1.807, 2.05) is 0 Å². The molecular formula is C20H34F6O4. The Kier molecular flexibility index (Phi) is 8.54. The van der Waals surface area contributed by atoms with Crippen molar-refractivity contribution in [2.24, 2.45) is 16.7 Å². The maximum absolute atomic E-state index is 13.1. The molecule has 0 rings (SSSR count). The van der Waals surface area contributed by atoms with Gasteiger partial charge in [-0.25, -0.2) is 0 Å². The normalized spacial score (nSPS) is 17.6. The molecule has 2 N–H and O–H groups in total. The summed E-state index contributed by atoms with van der Waals surface area (Å²) < 4.78 is 83.9. The lowest BCUT2D eigenvalue weighted by molar-refractivity contribution is -0.374. The first kappa shape index (κ1) is 29.0. The van der Waals surface area contributed by atoms with E-state index in [0.29, 0.717) is 0 Å². The fraction of sp³-hybridized carbons (Fsp3) is 0.950. The van der Waals surface area contributed by atoms with Gasteiger partial charge in [0.15, 0.2) is 0 Å². The van der Waals surface area contributed by atoms with Crippen LogP contribution < -0.4 is 0 Å². The molecule has 30 heavy (non-hydrogen) atoms. The Morgan fingerprint density at radius 1 is 0.867 bits per heavy atom. The summed E-state index contributed by atoms with van der Waals surface area (Å²) in [4.78, 5) is 12.9. The van der Waals surface area contributed by atoms with Gasteiger partial charge in [0, 0.05) is 6.42 Å². The first-order valence-corrected chi connectivity index (χ1v) is 9.67. The van der Waals surface area contributed by atoms with E-state index in [4.69, 9.17) is 4.74 Å². The third-order valence-corrected chi connectivity index (χ3v) is 5.15. The maximum Gasteiger partial charge on any atom is 0.426 e. The molecule has 0 fully saturated rings. The second kappa shape index (κ2) is 8.84. The van der Waals surface area contributed by atoms with Crippen molar-refractivity contribution >= 4 is 5.97 Å². The van der Waals surface area contributed by atoms with E-state index < -0.39 is 58.8 Å². The zero-order valence-electron chi connectivity index (χ0n) is 18.8. The van der Waals surface area contributed by atoms with Crippen LogP contribution in [-0.4, -0.2) is 45.8 Å². The van der Waals surface area contributed by atoms with E-state index in [0.717, 1.165) is 0 Å². The molecule has 2 unspecified atom stereocenters. The molecule has 0 saturated heterocycles. The second-order valence-electron chi connectivity index (χ2n) is 10.3. The summed E-state index contributed by atoms with van der Waals surface area (Å²) in [6, 6.07) is 0. The van der Waals surface area contributed by atoms with Gasteiger partial charge in [-0.1, -0.05) is 34.6 Å². The van der Waals surface area contributed by atoms with Crippen molar-refractivity contribution in [3.63, 3.8) is 0 Å². The van der Waals surface area contributed by atoms with Gasteiger partial charge in [-0.2, -0.15) is 26.3 Å². The lowest BCUT2D eigenvalue weighted by atomic mass is 9.66. The monoisotopic (exact) mass is 452 g/mol. The highest BCUT2D eigenvalue weighted by atomic mass is 19.4. The van der Waals surface area contributed by atoms with Crippen molar-refractivity contribution in [1.29, 1.82) is 0 Å². The highest BCUT2D eigenvalue weighted by Crippen LogP contribution is 2.48. The fourth-order valence-corrected chi connectivity index (χ4v) is 3.30. The molecule has 0 spiro atoms. The maximum atomic E-state index is 13.1. The molecule has 0 radical (unpaired) electrons. The minimum atomic E-state index is -6.02. The number of alkyl halides is 6. The van der Waals surface area contributed by atoms with Gasteiger partial charge in [0.2, 0.25) is 0 Å². The van der Waals surface area contributed by atoms with Gasteiger partial charge in [-0.15, -0.1) is 0 Å². The fourth-order valence-electron chi connectivity index (χ4n) is 3.30. The predicted octanol–water partition coefficient (Wildman–Crippen LogP) is 5.40. The van der Waals surface area contributed by atoms with Gasteiger partial charge in [-0.3, -0.25) is 4.79 Å². The number of halogens is 6. The molecule has 0 aliphatic rings. The van der Waals surface area contributed by atoms with Crippen molar-refractivity contribution in [2.45, 2.75) is 104 Å². The molecule has 180 valence electrons. The highest BCUT2D eigenvalue weighted by Gasteiger charge is 2.71. The molecular weight excluding hydrogens is 418 g/mol. The highest BCUT2D eigenvalue weighted by molar-refractivity contribution is 5.78. The van der Waals surface area contributed by atoms with Crippen LogP contribution in [0.3, 0.4) is 0 Å². The van der Waals surface area contributed by atoms with E-state index >= 15 is 0 Å². The van der Waals surface area contributed by atoms with Crippen LogP contribution in [0, 0.1) is 16.7 Å². The van der Waals surface area contributed by atoms with Crippen molar-refractivity contribution in [1.82, 2.24) is 0 Å². The number of rotatable bonds is 8. The average molecular weight is 452 g/mol. The zero-order valence-corrected chi connectivity index (χ0v) is 18.8. The van der Waals surface area contributed by atoms with Crippen LogP contribution in [0.25, 0.3) is 0 Å². The average Bonchev–Trinajstić information content (AvgIpc) is 2.40. The first-order valence-electron chi connectivity index (χ1n) is 9.67.